The van der Waals surface area contributed by atoms with E-state index in [9.17, 15) is 9.59 Å². The number of carbonyl (C=O) groups excluding carboxylic acids is 2. The van der Waals surface area contributed by atoms with Gasteiger partial charge < -0.3 is 5.32 Å². The topological polar surface area (TPSA) is 94.2 Å². The van der Waals surface area contributed by atoms with Gasteiger partial charge >= 0.3 is 0 Å². The molecule has 0 radical (unpaired) electrons. The van der Waals surface area contributed by atoms with Crippen LogP contribution in [0, 0.1) is 5.92 Å². The van der Waals surface area contributed by atoms with Gasteiger partial charge in [0.15, 0.2) is 17.2 Å². The number of hydrogen-bond donors (Lipinski definition) is 1. The molecule has 1 aliphatic rings. The molecule has 1 aromatic carbocycles. The fraction of sp³-hybridized carbons (Fsp3) is 0.250. The van der Waals surface area contributed by atoms with Crippen molar-refractivity contribution in [3.8, 4) is 11.3 Å². The summed E-state index contributed by atoms with van der Waals surface area (Å²) in [6, 6.07) is 9.45. The van der Waals surface area contributed by atoms with Crippen LogP contribution < -0.4 is 5.32 Å². The van der Waals surface area contributed by atoms with Gasteiger partial charge in [-0.15, -0.1) is 5.10 Å². The fourth-order valence-corrected chi connectivity index (χ4v) is 3.36. The van der Waals surface area contributed by atoms with Gasteiger partial charge in [0.2, 0.25) is 5.91 Å². The number of nitrogens with zero attached hydrogens (tertiary/aromatic N) is 5. The van der Waals surface area contributed by atoms with Crippen LogP contribution in [-0.2, 0) is 11.8 Å². The summed E-state index contributed by atoms with van der Waals surface area (Å²) in [7, 11) is 1.82. The van der Waals surface area contributed by atoms with Crippen molar-refractivity contribution in [2.75, 3.05) is 5.32 Å². The average Bonchev–Trinajstić information content (AvgIpc) is 3.37. The number of benzene rings is 1. The lowest BCUT2D eigenvalue weighted by atomic mass is 10.1. The normalized spacial score (nSPS) is 13.9. The third-order valence-electron chi connectivity index (χ3n) is 5.00. The summed E-state index contributed by atoms with van der Waals surface area (Å²) >= 11 is 0. The van der Waals surface area contributed by atoms with E-state index < -0.39 is 0 Å². The molecular weight excluding hydrogens is 356 g/mol. The molecule has 1 saturated carbocycles. The molecule has 0 aliphatic heterocycles. The van der Waals surface area contributed by atoms with Gasteiger partial charge in [-0.05, 0) is 31.0 Å². The Kier molecular flexibility index (Phi) is 3.55. The van der Waals surface area contributed by atoms with E-state index in [0.717, 1.165) is 35.0 Å². The summed E-state index contributed by atoms with van der Waals surface area (Å²) in [5.41, 5.74) is 3.63. The summed E-state index contributed by atoms with van der Waals surface area (Å²) in [6.07, 6.45) is 3.70. The standard InChI is InChI=1S/C20H18N6O2/c1-11(27)19-14-9-13(5-6-16(14)25(2)24-19)15-7-8-26-18(21-15)10-17(23-26)22-20(28)12-3-4-12/h5-10,12H,3-4H2,1-2H3,(H,22,23,28). The van der Waals surface area contributed by atoms with E-state index in [1.165, 1.54) is 6.92 Å². The van der Waals surface area contributed by atoms with Crippen molar-refractivity contribution in [3.63, 3.8) is 0 Å². The van der Waals surface area contributed by atoms with Crippen LogP contribution in [0.4, 0.5) is 5.82 Å². The predicted molar refractivity (Wildman–Crippen MR) is 104 cm³/mol. The van der Waals surface area contributed by atoms with Gasteiger partial charge in [0.25, 0.3) is 0 Å². The summed E-state index contributed by atoms with van der Waals surface area (Å²) < 4.78 is 3.34. The number of rotatable bonds is 4. The Balaban J connectivity index is 1.54. The number of aromatic nitrogens is 5. The largest absolute Gasteiger partial charge is 0.309 e. The third-order valence-corrected chi connectivity index (χ3v) is 5.00. The molecule has 8 heteroatoms. The van der Waals surface area contributed by atoms with E-state index in [1.807, 2.05) is 37.5 Å². The number of Topliss-reactive ketones (excluding diaryl/α,β-unsaturated/α-hetero) is 1. The zero-order valence-corrected chi connectivity index (χ0v) is 15.5. The molecule has 0 saturated heterocycles. The maximum atomic E-state index is 11.9. The van der Waals surface area contributed by atoms with Crippen LogP contribution in [-0.4, -0.2) is 36.1 Å². The molecule has 3 aromatic heterocycles. The van der Waals surface area contributed by atoms with Crippen molar-refractivity contribution in [1.82, 2.24) is 24.4 Å². The highest BCUT2D eigenvalue weighted by molar-refractivity contribution is 6.05. The number of fused-ring (bicyclic) bond motifs is 2. The molecule has 8 nitrogen and oxygen atoms in total. The van der Waals surface area contributed by atoms with Gasteiger partial charge in [-0.25, -0.2) is 9.50 Å². The summed E-state index contributed by atoms with van der Waals surface area (Å²) in [6.45, 7) is 1.52. The second kappa shape index (κ2) is 5.98. The molecule has 1 N–H and O–H groups in total. The molecule has 1 fully saturated rings. The second-order valence-corrected chi connectivity index (χ2v) is 7.17. The van der Waals surface area contributed by atoms with Gasteiger partial charge in [0, 0.05) is 43.1 Å². The lowest BCUT2D eigenvalue weighted by molar-refractivity contribution is -0.117. The van der Waals surface area contributed by atoms with E-state index in [0.29, 0.717) is 17.2 Å². The molecule has 3 heterocycles. The van der Waals surface area contributed by atoms with Crippen molar-refractivity contribution >= 4 is 34.1 Å². The number of amides is 1. The average molecular weight is 374 g/mol. The van der Waals surface area contributed by atoms with Gasteiger partial charge in [-0.2, -0.15) is 5.10 Å². The quantitative estimate of drug-likeness (QED) is 0.554. The smallest absolute Gasteiger partial charge is 0.228 e. The first-order chi connectivity index (χ1) is 13.5. The lowest BCUT2D eigenvalue weighted by Gasteiger charge is -2.03. The van der Waals surface area contributed by atoms with E-state index in [4.69, 9.17) is 0 Å². The van der Waals surface area contributed by atoms with Crippen LogP contribution >= 0.6 is 0 Å². The van der Waals surface area contributed by atoms with Crippen molar-refractivity contribution in [2.45, 2.75) is 19.8 Å². The van der Waals surface area contributed by atoms with Crippen molar-refractivity contribution in [1.29, 1.82) is 0 Å². The van der Waals surface area contributed by atoms with Gasteiger partial charge in [0.05, 0.1) is 11.2 Å². The van der Waals surface area contributed by atoms with Crippen LogP contribution in [0.5, 0.6) is 0 Å². The van der Waals surface area contributed by atoms with Crippen molar-refractivity contribution < 1.29 is 9.59 Å². The Bertz CT molecular complexity index is 1260. The molecule has 140 valence electrons. The highest BCUT2D eigenvalue weighted by atomic mass is 16.2. The van der Waals surface area contributed by atoms with Crippen LogP contribution in [0.2, 0.25) is 0 Å². The van der Waals surface area contributed by atoms with E-state index in [-0.39, 0.29) is 17.6 Å². The Labute approximate surface area is 160 Å². The number of hydrogen-bond acceptors (Lipinski definition) is 5. The van der Waals surface area contributed by atoms with Crippen LogP contribution in [0.3, 0.4) is 0 Å². The maximum Gasteiger partial charge on any atom is 0.228 e. The van der Waals surface area contributed by atoms with Gasteiger partial charge in [0.1, 0.15) is 5.69 Å². The molecule has 1 aliphatic carbocycles. The van der Waals surface area contributed by atoms with E-state index in [1.54, 1.807) is 15.3 Å². The summed E-state index contributed by atoms with van der Waals surface area (Å²) in [5, 5.41) is 12.3. The molecule has 28 heavy (non-hydrogen) atoms. The third kappa shape index (κ3) is 2.74. The maximum absolute atomic E-state index is 11.9. The monoisotopic (exact) mass is 374 g/mol. The minimum Gasteiger partial charge on any atom is -0.309 e. The SMILES string of the molecule is CC(=O)c1nn(C)c2ccc(-c3ccn4nc(NC(=O)C5CC5)cc4n3)cc12. The fourth-order valence-electron chi connectivity index (χ4n) is 3.36. The zero-order chi connectivity index (χ0) is 19.4. The molecule has 0 bridgehead atoms. The summed E-state index contributed by atoms with van der Waals surface area (Å²) in [4.78, 5) is 28.5. The number of nitrogens with one attached hydrogen (secondary N) is 1. The molecule has 4 aromatic rings. The number of aryl methyl sites for hydroxylation is 1. The first kappa shape index (κ1) is 16.6. The molecule has 0 spiro atoms. The molecule has 5 rings (SSSR count). The van der Waals surface area contributed by atoms with E-state index in [2.05, 4.69) is 20.5 Å². The zero-order valence-electron chi connectivity index (χ0n) is 15.5. The van der Waals surface area contributed by atoms with Crippen LogP contribution in [0.1, 0.15) is 30.3 Å². The molecule has 0 atom stereocenters. The van der Waals surface area contributed by atoms with Gasteiger partial charge in [-0.1, -0.05) is 6.07 Å². The molecular formula is C20H18N6O2. The Morgan fingerprint density at radius 1 is 1.14 bits per heavy atom. The van der Waals surface area contributed by atoms with Gasteiger partial charge in [-0.3, -0.25) is 14.3 Å². The Morgan fingerprint density at radius 3 is 2.71 bits per heavy atom. The van der Waals surface area contributed by atoms with Crippen molar-refractivity contribution in [3.05, 3.63) is 42.2 Å². The highest BCUT2D eigenvalue weighted by Crippen LogP contribution is 2.30. The molecule has 1 amide bonds. The second-order valence-electron chi connectivity index (χ2n) is 7.17. The first-order valence-electron chi connectivity index (χ1n) is 9.15. The Morgan fingerprint density at radius 2 is 1.96 bits per heavy atom. The number of anilines is 1. The number of ketones is 1. The highest BCUT2D eigenvalue weighted by Gasteiger charge is 2.30. The van der Waals surface area contributed by atoms with Crippen molar-refractivity contribution in [2.24, 2.45) is 13.0 Å². The van der Waals surface area contributed by atoms with Crippen LogP contribution in [0.15, 0.2) is 36.5 Å². The van der Waals surface area contributed by atoms with E-state index >= 15 is 0 Å². The molecule has 0 unspecified atom stereocenters. The number of carbonyl (C=O) groups is 2. The minimum atomic E-state index is -0.0713. The lowest BCUT2D eigenvalue weighted by Crippen LogP contribution is -2.13. The predicted octanol–water partition coefficient (Wildman–Crippen LogP) is 2.83. The van der Waals surface area contributed by atoms with Crippen LogP contribution in [0.25, 0.3) is 27.8 Å². The summed E-state index contributed by atoms with van der Waals surface area (Å²) in [5.74, 6) is 0.568. The Hall–Kier alpha value is -3.55. The minimum absolute atomic E-state index is 0.0161. The first-order valence-corrected chi connectivity index (χ1v) is 9.15.